The third-order valence-electron chi connectivity index (χ3n) is 9.30. The Hall–Kier alpha value is -2.99. The summed E-state index contributed by atoms with van der Waals surface area (Å²) in [5.74, 6) is -0.960. The summed E-state index contributed by atoms with van der Waals surface area (Å²) in [7, 11) is 0. The summed E-state index contributed by atoms with van der Waals surface area (Å²) in [5.41, 5.74) is 11.6. The van der Waals surface area contributed by atoms with Gasteiger partial charge in [0.1, 0.15) is 32.1 Å². The third-order valence-corrected chi connectivity index (χ3v) is 9.30. The van der Waals surface area contributed by atoms with Gasteiger partial charge in [-0.1, -0.05) is 143 Å². The molecule has 0 fully saturated rings. The molecule has 2 aromatic rings. The van der Waals surface area contributed by atoms with Gasteiger partial charge in [0, 0.05) is 6.42 Å². The topological polar surface area (TPSA) is 177 Å². The lowest BCUT2D eigenvalue weighted by Crippen LogP contribution is -2.40. The maximum Gasteiger partial charge on any atom is 0.323 e. The third kappa shape index (κ3) is 18.0. The van der Waals surface area contributed by atoms with Crippen LogP contribution in [0.25, 0.3) is 11.2 Å². The lowest BCUT2D eigenvalue weighted by atomic mass is 10.0. The van der Waals surface area contributed by atoms with Crippen molar-refractivity contribution < 1.29 is 23.8 Å². The van der Waals surface area contributed by atoms with E-state index in [1.807, 2.05) is 13.8 Å². The number of nitrogens with zero attached hydrogens (tertiary/aromatic N) is 3. The molecular formula is C37H66N6O6. The van der Waals surface area contributed by atoms with Crippen LogP contribution in [0.1, 0.15) is 156 Å². The normalized spacial score (nSPS) is 13.4. The maximum atomic E-state index is 12.5. The summed E-state index contributed by atoms with van der Waals surface area (Å²) in [6.45, 7) is 5.77. The Bertz CT molecular complexity index is 1230. The van der Waals surface area contributed by atoms with E-state index in [9.17, 15) is 14.4 Å². The highest BCUT2D eigenvalue weighted by Gasteiger charge is 2.23. The number of aromatic nitrogens is 4. The van der Waals surface area contributed by atoms with Crippen molar-refractivity contribution in [2.75, 3.05) is 18.9 Å². The van der Waals surface area contributed by atoms with Gasteiger partial charge in [-0.2, -0.15) is 4.98 Å². The maximum absolute atomic E-state index is 12.5. The number of ether oxygens (including phenoxy) is 3. The van der Waals surface area contributed by atoms with E-state index in [0.29, 0.717) is 6.42 Å². The number of nitrogens with two attached hydrogens (primary N) is 2. The van der Waals surface area contributed by atoms with E-state index in [2.05, 4.69) is 21.9 Å². The molecule has 0 saturated heterocycles. The van der Waals surface area contributed by atoms with E-state index < -0.39 is 23.7 Å². The Morgan fingerprint density at radius 3 is 1.86 bits per heavy atom. The molecule has 0 radical (unpaired) electrons. The lowest BCUT2D eigenvalue weighted by Gasteiger charge is -2.21. The van der Waals surface area contributed by atoms with Crippen molar-refractivity contribution in [1.29, 1.82) is 0 Å². The van der Waals surface area contributed by atoms with Crippen LogP contribution in [0.4, 0.5) is 5.95 Å². The van der Waals surface area contributed by atoms with Crippen LogP contribution in [0.15, 0.2) is 11.1 Å². The van der Waals surface area contributed by atoms with Gasteiger partial charge in [-0.25, -0.2) is 4.98 Å². The van der Waals surface area contributed by atoms with Gasteiger partial charge in [0.2, 0.25) is 5.95 Å². The highest BCUT2D eigenvalue weighted by Crippen LogP contribution is 2.15. The molecule has 12 nitrogen and oxygen atoms in total. The van der Waals surface area contributed by atoms with Crippen LogP contribution in [0.5, 0.6) is 0 Å². The first-order valence-corrected chi connectivity index (χ1v) is 19.2. The van der Waals surface area contributed by atoms with Crippen LogP contribution >= 0.6 is 0 Å². The number of hydrogen-bond acceptors (Lipinski definition) is 10. The summed E-state index contributed by atoms with van der Waals surface area (Å²) in [6.07, 6.45) is 26.3. The predicted molar refractivity (Wildman–Crippen MR) is 195 cm³/mol. The van der Waals surface area contributed by atoms with Gasteiger partial charge in [-0.3, -0.25) is 23.9 Å². The van der Waals surface area contributed by atoms with Gasteiger partial charge in [0.05, 0.1) is 6.33 Å². The number of fused-ring (bicyclic) bond motifs is 1. The van der Waals surface area contributed by atoms with Gasteiger partial charge in [-0.05, 0) is 12.3 Å². The van der Waals surface area contributed by atoms with E-state index in [-0.39, 0.29) is 48.9 Å². The zero-order chi connectivity index (χ0) is 35.7. The number of anilines is 1. The average Bonchev–Trinajstić information content (AvgIpc) is 3.50. The molecule has 2 aromatic heterocycles. The fourth-order valence-corrected chi connectivity index (χ4v) is 5.76. The second-order valence-corrected chi connectivity index (χ2v) is 13.6. The molecule has 0 aliphatic rings. The van der Waals surface area contributed by atoms with Crippen molar-refractivity contribution >= 4 is 29.1 Å². The monoisotopic (exact) mass is 691 g/mol. The Kier molecular flexibility index (Phi) is 22.3. The molecule has 0 amide bonds. The molecule has 3 atom stereocenters. The first kappa shape index (κ1) is 42.2. The second-order valence-electron chi connectivity index (χ2n) is 13.6. The molecule has 2 heterocycles. The zero-order valence-corrected chi connectivity index (χ0v) is 30.7. The van der Waals surface area contributed by atoms with Crippen LogP contribution in [-0.4, -0.2) is 56.8 Å². The van der Waals surface area contributed by atoms with Crippen molar-refractivity contribution in [3.05, 3.63) is 16.7 Å². The van der Waals surface area contributed by atoms with Gasteiger partial charge in [0.15, 0.2) is 11.2 Å². The Balaban J connectivity index is 1.59. The van der Waals surface area contributed by atoms with Crippen LogP contribution in [0.3, 0.4) is 0 Å². The van der Waals surface area contributed by atoms with Crippen molar-refractivity contribution in [1.82, 2.24) is 19.5 Å². The SMILES string of the molecule is CCCCCCCCCCCCCCCCCCCCCC(=O)OCC(COC(=O)[C@@H](N)[C@@H](C)CC)OCn1cnc2c(=O)[nH]c(N)nc21. The lowest BCUT2D eigenvalue weighted by molar-refractivity contribution is -0.159. The number of rotatable bonds is 30. The fourth-order valence-electron chi connectivity index (χ4n) is 5.76. The number of carbonyl (C=O) groups is 2. The Morgan fingerprint density at radius 1 is 0.816 bits per heavy atom. The van der Waals surface area contributed by atoms with Gasteiger partial charge in [-0.15, -0.1) is 0 Å². The summed E-state index contributed by atoms with van der Waals surface area (Å²) >= 11 is 0. The molecule has 49 heavy (non-hydrogen) atoms. The predicted octanol–water partition coefficient (Wildman–Crippen LogP) is 7.33. The number of carbonyl (C=O) groups excluding carboxylic acids is 2. The molecule has 0 bridgehead atoms. The molecule has 2 rings (SSSR count). The van der Waals surface area contributed by atoms with Crippen molar-refractivity contribution in [2.45, 2.75) is 174 Å². The zero-order valence-electron chi connectivity index (χ0n) is 30.7. The Morgan fingerprint density at radius 2 is 1.33 bits per heavy atom. The first-order valence-electron chi connectivity index (χ1n) is 19.2. The molecule has 0 spiro atoms. The molecule has 0 saturated carbocycles. The average molecular weight is 691 g/mol. The van der Waals surface area contributed by atoms with Crippen LogP contribution in [0, 0.1) is 5.92 Å². The molecule has 12 heteroatoms. The molecule has 280 valence electrons. The molecule has 0 aliphatic carbocycles. The number of aromatic amines is 1. The number of H-pyrrole nitrogens is 1. The summed E-state index contributed by atoms with van der Waals surface area (Å²) in [5, 5.41) is 0. The number of imidazole rings is 1. The number of esters is 2. The summed E-state index contributed by atoms with van der Waals surface area (Å²) in [4.78, 5) is 47.7. The quantitative estimate of drug-likeness (QED) is 0.0555. The fraction of sp³-hybridized carbons (Fsp3) is 0.811. The van der Waals surface area contributed by atoms with Crippen LogP contribution in [-0.2, 0) is 30.5 Å². The van der Waals surface area contributed by atoms with E-state index in [0.717, 1.165) is 25.7 Å². The summed E-state index contributed by atoms with van der Waals surface area (Å²) in [6, 6.07) is -0.765. The van der Waals surface area contributed by atoms with Crippen LogP contribution < -0.4 is 17.0 Å². The van der Waals surface area contributed by atoms with Gasteiger partial charge >= 0.3 is 11.9 Å². The number of nitrogen functional groups attached to an aromatic ring is 1. The molecule has 1 unspecified atom stereocenters. The number of unbranched alkanes of at least 4 members (excludes halogenated alkanes) is 18. The number of hydrogen-bond donors (Lipinski definition) is 3. The second kappa shape index (κ2) is 25.9. The van der Waals surface area contributed by atoms with E-state index in [1.54, 1.807) is 0 Å². The smallest absolute Gasteiger partial charge is 0.323 e. The molecule has 5 N–H and O–H groups in total. The number of nitrogens with one attached hydrogen (secondary N) is 1. The minimum atomic E-state index is -0.765. The minimum Gasteiger partial charge on any atom is -0.463 e. The van der Waals surface area contributed by atoms with E-state index in [4.69, 9.17) is 25.7 Å². The largest absolute Gasteiger partial charge is 0.463 e. The van der Waals surface area contributed by atoms with Crippen molar-refractivity contribution in [3.8, 4) is 0 Å². The van der Waals surface area contributed by atoms with Gasteiger partial charge in [0.25, 0.3) is 5.56 Å². The minimum absolute atomic E-state index is 0.0455. The van der Waals surface area contributed by atoms with E-state index in [1.165, 1.54) is 114 Å². The van der Waals surface area contributed by atoms with E-state index >= 15 is 0 Å². The Labute approximate surface area is 293 Å². The molecular weight excluding hydrogens is 624 g/mol. The molecule has 0 aromatic carbocycles. The summed E-state index contributed by atoms with van der Waals surface area (Å²) < 4.78 is 18.3. The van der Waals surface area contributed by atoms with Crippen LogP contribution in [0.2, 0.25) is 0 Å². The standard InChI is InChI=1S/C37H66N6O6/c1-4-6-7-8-9-10-11-12-13-14-15-16-17-18-19-20-21-22-23-24-31(44)47-25-30(26-48-36(46)32(38)29(3)5-2)49-28-43-27-40-33-34(43)41-37(39)42-35(33)45/h27,29-30,32H,4-26,28,38H2,1-3H3,(H3,39,41,42,45)/t29-,30?,32-/m0/s1. The van der Waals surface area contributed by atoms with Crippen molar-refractivity contribution in [3.63, 3.8) is 0 Å². The highest BCUT2D eigenvalue weighted by molar-refractivity contribution is 5.75. The highest BCUT2D eigenvalue weighted by atomic mass is 16.6. The molecule has 0 aliphatic heterocycles. The van der Waals surface area contributed by atoms with Gasteiger partial charge < -0.3 is 25.7 Å². The van der Waals surface area contributed by atoms with Crippen molar-refractivity contribution in [2.24, 2.45) is 11.7 Å². The first-order chi connectivity index (χ1) is 23.8.